The van der Waals surface area contributed by atoms with Crippen molar-refractivity contribution in [3.05, 3.63) is 45.8 Å². The second-order valence-electron chi connectivity index (χ2n) is 6.66. The summed E-state index contributed by atoms with van der Waals surface area (Å²) in [6.07, 6.45) is 2.17. The van der Waals surface area contributed by atoms with E-state index in [1.807, 2.05) is 25.1 Å². The van der Waals surface area contributed by atoms with Crippen LogP contribution in [-0.2, 0) is 10.0 Å². The van der Waals surface area contributed by atoms with Crippen LogP contribution in [0.5, 0.6) is 0 Å². The quantitative estimate of drug-likeness (QED) is 0.830. The Labute approximate surface area is 158 Å². The Balaban J connectivity index is 1.97. The maximum Gasteiger partial charge on any atom is 0.239 e. The van der Waals surface area contributed by atoms with Gasteiger partial charge in [0, 0.05) is 35.2 Å². The van der Waals surface area contributed by atoms with Gasteiger partial charge in [-0.2, -0.15) is 0 Å². The fourth-order valence-electron chi connectivity index (χ4n) is 3.29. The van der Waals surface area contributed by atoms with E-state index in [2.05, 4.69) is 29.4 Å². The summed E-state index contributed by atoms with van der Waals surface area (Å²) in [6.45, 7) is 4.08. The largest absolute Gasteiger partial charge is 0.345 e. The molecule has 25 heavy (non-hydrogen) atoms. The van der Waals surface area contributed by atoms with Crippen LogP contribution in [0.2, 0.25) is 5.02 Å². The number of hydrogen-bond donors (Lipinski definition) is 1. The molecule has 0 aliphatic carbocycles. The van der Waals surface area contributed by atoms with Gasteiger partial charge in [-0.3, -0.25) is 4.99 Å². The molecule has 1 fully saturated rings. The fraction of sp³-hybridized carbons (Fsp3) is 0.471. The van der Waals surface area contributed by atoms with Crippen molar-refractivity contribution in [3.8, 4) is 0 Å². The monoisotopic (exact) mass is 399 g/mol. The highest BCUT2D eigenvalue weighted by Crippen LogP contribution is 2.47. The first-order valence-electron chi connectivity index (χ1n) is 8.02. The summed E-state index contributed by atoms with van der Waals surface area (Å²) in [5, 5.41) is 4.33. The van der Waals surface area contributed by atoms with Crippen LogP contribution in [0, 0.1) is 0 Å². The summed E-state index contributed by atoms with van der Waals surface area (Å²) in [6, 6.07) is 7.84. The smallest absolute Gasteiger partial charge is 0.239 e. The molecule has 1 aromatic rings. The number of nitrogens with zero attached hydrogens (tertiary/aromatic N) is 2. The van der Waals surface area contributed by atoms with E-state index in [4.69, 9.17) is 11.6 Å². The van der Waals surface area contributed by atoms with E-state index < -0.39 is 15.6 Å². The summed E-state index contributed by atoms with van der Waals surface area (Å²) in [4.78, 5) is 5.13. The number of allylic oxidation sites excluding steroid dienone is 1. The number of hydrogen-bond acceptors (Lipinski definition) is 4. The zero-order chi connectivity index (χ0) is 18.4. The van der Waals surface area contributed by atoms with Gasteiger partial charge in [-0.15, -0.1) is 11.8 Å². The van der Waals surface area contributed by atoms with Crippen molar-refractivity contribution in [1.82, 2.24) is 9.62 Å². The van der Waals surface area contributed by atoms with Crippen molar-refractivity contribution in [2.75, 3.05) is 19.8 Å². The summed E-state index contributed by atoms with van der Waals surface area (Å²) in [5.41, 5.74) is 0.457. The summed E-state index contributed by atoms with van der Waals surface area (Å²) < 4.78 is 26.3. The lowest BCUT2D eigenvalue weighted by molar-refractivity contribution is 0.464. The van der Waals surface area contributed by atoms with Crippen molar-refractivity contribution < 1.29 is 8.42 Å². The Hall–Kier alpha value is -1.18. The zero-order valence-corrected chi connectivity index (χ0v) is 17.0. The van der Waals surface area contributed by atoms with Crippen molar-refractivity contribution >= 4 is 39.3 Å². The molecule has 0 saturated carbocycles. The molecule has 3 atom stereocenters. The maximum atomic E-state index is 12.6. The number of nitrogens with one attached hydrogen (secondary N) is 1. The second kappa shape index (κ2) is 6.52. The van der Waals surface area contributed by atoms with Gasteiger partial charge in [0.1, 0.15) is 0 Å². The van der Waals surface area contributed by atoms with Crippen molar-refractivity contribution in [2.45, 2.75) is 30.6 Å². The molecule has 1 aromatic carbocycles. The Kier molecular flexibility index (Phi) is 4.85. The van der Waals surface area contributed by atoms with Crippen LogP contribution in [0.4, 0.5) is 0 Å². The van der Waals surface area contributed by atoms with Crippen molar-refractivity contribution in [3.63, 3.8) is 0 Å². The van der Waals surface area contributed by atoms with E-state index in [0.717, 1.165) is 10.5 Å². The third-order valence-electron chi connectivity index (χ3n) is 4.71. The first kappa shape index (κ1) is 18.6. The summed E-state index contributed by atoms with van der Waals surface area (Å²) in [5.74, 6) is 0.569. The van der Waals surface area contributed by atoms with E-state index in [9.17, 15) is 8.42 Å². The topological polar surface area (TPSA) is 61.8 Å². The third kappa shape index (κ3) is 3.41. The zero-order valence-electron chi connectivity index (χ0n) is 14.7. The highest BCUT2D eigenvalue weighted by Gasteiger charge is 2.46. The van der Waals surface area contributed by atoms with E-state index in [-0.39, 0.29) is 11.7 Å². The van der Waals surface area contributed by atoms with Gasteiger partial charge in [-0.05, 0) is 24.6 Å². The molecule has 1 saturated heterocycles. The molecule has 5 nitrogen and oxygen atoms in total. The van der Waals surface area contributed by atoms with Gasteiger partial charge >= 0.3 is 0 Å². The Morgan fingerprint density at radius 2 is 2.16 bits per heavy atom. The van der Waals surface area contributed by atoms with Gasteiger partial charge in [0.2, 0.25) is 16.0 Å². The normalized spacial score (nSPS) is 33.2. The molecule has 0 bridgehead atoms. The van der Waals surface area contributed by atoms with E-state index in [1.54, 1.807) is 18.8 Å². The van der Waals surface area contributed by atoms with E-state index >= 15 is 0 Å². The standard InChI is InChI=1S/C17H22ClN3O2S2/c1-11-14(12-6-5-7-13(18)8-12)9-15(24-11)17(2)10-25(22,23)21(4)16(19-3)20-17/h5-9,11,14H,10H2,1-4H3,(H,19,20). The molecule has 3 unspecified atom stereocenters. The lowest BCUT2D eigenvalue weighted by atomic mass is 9.93. The number of thioether (sulfide) groups is 1. The maximum absolute atomic E-state index is 12.6. The number of sulfonamides is 1. The van der Waals surface area contributed by atoms with Gasteiger partial charge in [0.15, 0.2) is 0 Å². The number of aliphatic imine (C=N–C) groups is 1. The Bertz CT molecular complexity index is 853. The van der Waals surface area contributed by atoms with Crippen LogP contribution in [-0.4, -0.2) is 49.3 Å². The number of guanidine groups is 1. The Morgan fingerprint density at radius 1 is 1.44 bits per heavy atom. The first-order valence-corrected chi connectivity index (χ1v) is 10.9. The van der Waals surface area contributed by atoms with Crippen LogP contribution in [0.3, 0.4) is 0 Å². The lowest BCUT2D eigenvalue weighted by Gasteiger charge is -2.41. The highest BCUT2D eigenvalue weighted by atomic mass is 35.5. The van der Waals surface area contributed by atoms with Gasteiger partial charge in [0.25, 0.3) is 0 Å². The molecule has 1 N–H and O–H groups in total. The van der Waals surface area contributed by atoms with Crippen LogP contribution in [0.1, 0.15) is 25.3 Å². The fourth-order valence-corrected chi connectivity index (χ4v) is 6.51. The van der Waals surface area contributed by atoms with Crippen molar-refractivity contribution in [1.29, 1.82) is 0 Å². The minimum Gasteiger partial charge on any atom is -0.345 e. The molecule has 0 radical (unpaired) electrons. The lowest BCUT2D eigenvalue weighted by Crippen LogP contribution is -2.63. The average molecular weight is 400 g/mol. The predicted octanol–water partition coefficient (Wildman–Crippen LogP) is 3.05. The highest BCUT2D eigenvalue weighted by molar-refractivity contribution is 8.04. The molecule has 2 aliphatic heterocycles. The van der Waals surface area contributed by atoms with Crippen LogP contribution >= 0.6 is 23.4 Å². The molecule has 2 aliphatic rings. The molecule has 0 spiro atoms. The van der Waals surface area contributed by atoms with Crippen LogP contribution in [0.15, 0.2) is 40.2 Å². The molecular formula is C17H22ClN3O2S2. The number of halogens is 1. The Morgan fingerprint density at radius 3 is 2.80 bits per heavy atom. The van der Waals surface area contributed by atoms with E-state index in [1.165, 1.54) is 11.4 Å². The van der Waals surface area contributed by atoms with Crippen LogP contribution in [0.25, 0.3) is 0 Å². The number of rotatable bonds is 2. The molecule has 0 amide bonds. The van der Waals surface area contributed by atoms with Gasteiger partial charge < -0.3 is 5.32 Å². The van der Waals surface area contributed by atoms with E-state index in [0.29, 0.717) is 16.2 Å². The second-order valence-corrected chi connectivity index (χ2v) is 10.5. The SMILES string of the molecule is CN=C1NC(C)(C2=CC(c3cccc(Cl)c3)C(C)S2)CS(=O)(=O)N1C. The number of benzene rings is 1. The van der Waals surface area contributed by atoms with Gasteiger partial charge in [-0.25, -0.2) is 12.7 Å². The van der Waals surface area contributed by atoms with Crippen molar-refractivity contribution in [2.24, 2.45) is 4.99 Å². The van der Waals surface area contributed by atoms with Gasteiger partial charge in [-0.1, -0.05) is 36.7 Å². The molecule has 3 rings (SSSR count). The molecular weight excluding hydrogens is 378 g/mol. The molecule has 8 heteroatoms. The predicted molar refractivity (Wildman–Crippen MR) is 106 cm³/mol. The minimum absolute atomic E-state index is 0.00331. The molecule has 2 heterocycles. The van der Waals surface area contributed by atoms with Crippen LogP contribution < -0.4 is 5.32 Å². The summed E-state index contributed by atoms with van der Waals surface area (Å²) in [7, 11) is -0.293. The van der Waals surface area contributed by atoms with Gasteiger partial charge in [0.05, 0.1) is 11.3 Å². The minimum atomic E-state index is -3.41. The molecule has 136 valence electrons. The summed E-state index contributed by atoms with van der Waals surface area (Å²) >= 11 is 7.85. The first-order chi connectivity index (χ1) is 11.7. The molecule has 0 aromatic heterocycles. The average Bonchev–Trinajstić information content (AvgIpc) is 2.93. The third-order valence-corrected chi connectivity index (χ3v) is 8.40.